The molecule has 148 valence electrons. The minimum absolute atomic E-state index is 0. The highest BCUT2D eigenvalue weighted by atomic mass is 79.9. The SMILES string of the molecule is Br.CCN1/C(=C/C(C)=C/C2Sc3ccccc3N2CCO)Sc2ccccc21. The number of allylic oxidation sites excluding steroid dienone is 2. The second-order valence-electron chi connectivity index (χ2n) is 6.60. The summed E-state index contributed by atoms with van der Waals surface area (Å²) in [6.07, 6.45) is 4.60. The van der Waals surface area contributed by atoms with Crippen LogP contribution in [0.3, 0.4) is 0 Å². The van der Waals surface area contributed by atoms with E-state index in [0.717, 1.165) is 6.54 Å². The molecule has 0 aliphatic carbocycles. The first-order valence-corrected chi connectivity index (χ1v) is 11.0. The Bertz CT molecular complexity index is 900. The van der Waals surface area contributed by atoms with E-state index < -0.39 is 0 Å². The van der Waals surface area contributed by atoms with Gasteiger partial charge in [0.05, 0.1) is 28.4 Å². The molecule has 0 amide bonds. The predicted molar refractivity (Wildman–Crippen MR) is 128 cm³/mol. The Morgan fingerprint density at radius 2 is 1.75 bits per heavy atom. The number of aliphatic hydroxyl groups excluding tert-OH is 1. The second kappa shape index (κ2) is 9.44. The summed E-state index contributed by atoms with van der Waals surface area (Å²) >= 11 is 3.69. The van der Waals surface area contributed by atoms with Gasteiger partial charge in [0, 0.05) is 22.9 Å². The zero-order valence-electron chi connectivity index (χ0n) is 16.0. The molecule has 1 atom stereocenters. The molecule has 0 spiro atoms. The van der Waals surface area contributed by atoms with E-state index in [4.69, 9.17) is 0 Å². The molecule has 0 radical (unpaired) electrons. The Hall–Kier alpha value is -1.34. The van der Waals surface area contributed by atoms with Crippen LogP contribution < -0.4 is 9.80 Å². The Labute approximate surface area is 186 Å². The van der Waals surface area contributed by atoms with E-state index in [1.54, 1.807) is 0 Å². The van der Waals surface area contributed by atoms with Gasteiger partial charge in [-0.2, -0.15) is 0 Å². The van der Waals surface area contributed by atoms with Gasteiger partial charge in [0.15, 0.2) is 0 Å². The van der Waals surface area contributed by atoms with Crippen LogP contribution in [0.15, 0.2) is 81.1 Å². The Morgan fingerprint density at radius 3 is 2.46 bits per heavy atom. The van der Waals surface area contributed by atoms with Crippen LogP contribution in [0.4, 0.5) is 11.4 Å². The highest BCUT2D eigenvalue weighted by Crippen LogP contribution is 2.47. The average molecular weight is 477 g/mol. The summed E-state index contributed by atoms with van der Waals surface area (Å²) < 4.78 is 0. The van der Waals surface area contributed by atoms with Gasteiger partial charge in [-0.3, -0.25) is 0 Å². The van der Waals surface area contributed by atoms with Gasteiger partial charge in [-0.05, 0) is 55.8 Å². The number of benzene rings is 2. The zero-order chi connectivity index (χ0) is 18.8. The first-order chi connectivity index (χ1) is 13.2. The number of hydrogen-bond donors (Lipinski definition) is 1. The fraction of sp³-hybridized carbons (Fsp3) is 0.273. The molecule has 3 nitrogen and oxygen atoms in total. The van der Waals surface area contributed by atoms with Crippen molar-refractivity contribution in [1.29, 1.82) is 0 Å². The molecule has 2 aromatic rings. The van der Waals surface area contributed by atoms with Crippen molar-refractivity contribution in [2.75, 3.05) is 29.5 Å². The van der Waals surface area contributed by atoms with Crippen molar-refractivity contribution in [2.24, 2.45) is 0 Å². The molecular weight excluding hydrogens is 452 g/mol. The van der Waals surface area contributed by atoms with Crippen LogP contribution in [-0.2, 0) is 0 Å². The van der Waals surface area contributed by atoms with Crippen molar-refractivity contribution < 1.29 is 5.11 Å². The molecule has 0 saturated carbocycles. The molecule has 0 aromatic heterocycles. The Kier molecular flexibility index (Phi) is 7.20. The fourth-order valence-electron chi connectivity index (χ4n) is 3.56. The maximum atomic E-state index is 9.51. The van der Waals surface area contributed by atoms with Crippen molar-refractivity contribution >= 4 is 51.9 Å². The van der Waals surface area contributed by atoms with Crippen LogP contribution in [0.25, 0.3) is 0 Å². The molecule has 0 saturated heterocycles. The number of hydrogen-bond acceptors (Lipinski definition) is 5. The summed E-state index contributed by atoms with van der Waals surface area (Å²) in [5, 5.41) is 11.0. The van der Waals surface area contributed by atoms with Crippen LogP contribution in [0.1, 0.15) is 13.8 Å². The molecule has 6 heteroatoms. The minimum atomic E-state index is 0. The Balaban J connectivity index is 0.00000225. The summed E-state index contributed by atoms with van der Waals surface area (Å²) in [5.74, 6) is 0. The third-order valence-corrected chi connectivity index (χ3v) is 7.12. The fourth-order valence-corrected chi connectivity index (χ4v) is 6.15. The molecule has 28 heavy (non-hydrogen) atoms. The number of rotatable bonds is 5. The summed E-state index contributed by atoms with van der Waals surface area (Å²) in [5.41, 5.74) is 3.77. The van der Waals surface area contributed by atoms with Crippen molar-refractivity contribution in [3.8, 4) is 0 Å². The van der Waals surface area contributed by atoms with Gasteiger partial charge in [-0.15, -0.1) is 17.0 Å². The third-order valence-electron chi connectivity index (χ3n) is 4.78. The molecule has 0 bridgehead atoms. The van der Waals surface area contributed by atoms with Crippen LogP contribution in [0.2, 0.25) is 0 Å². The van der Waals surface area contributed by atoms with E-state index in [1.807, 2.05) is 23.5 Å². The van der Waals surface area contributed by atoms with Gasteiger partial charge in [0.2, 0.25) is 0 Å². The lowest BCUT2D eigenvalue weighted by Gasteiger charge is -2.24. The van der Waals surface area contributed by atoms with E-state index in [2.05, 4.69) is 84.3 Å². The molecule has 1 unspecified atom stereocenters. The maximum absolute atomic E-state index is 9.51. The summed E-state index contributed by atoms with van der Waals surface area (Å²) in [4.78, 5) is 7.27. The van der Waals surface area contributed by atoms with Gasteiger partial charge in [0.25, 0.3) is 0 Å². The quantitative estimate of drug-likeness (QED) is 0.577. The average Bonchev–Trinajstić information content (AvgIpc) is 3.19. The van der Waals surface area contributed by atoms with E-state index >= 15 is 0 Å². The smallest absolute Gasteiger partial charge is 0.0989 e. The van der Waals surface area contributed by atoms with Crippen molar-refractivity contribution in [1.82, 2.24) is 0 Å². The number of para-hydroxylation sites is 2. The number of anilines is 2. The molecule has 4 rings (SSSR count). The van der Waals surface area contributed by atoms with Crippen molar-refractivity contribution in [2.45, 2.75) is 29.0 Å². The summed E-state index contributed by atoms with van der Waals surface area (Å²) in [6, 6.07) is 17.0. The minimum Gasteiger partial charge on any atom is -0.395 e. The summed E-state index contributed by atoms with van der Waals surface area (Å²) in [7, 11) is 0. The molecule has 2 aromatic carbocycles. The van der Waals surface area contributed by atoms with Gasteiger partial charge in [0.1, 0.15) is 0 Å². The molecule has 0 fully saturated rings. The molecular formula is C22H25BrN2OS2. The van der Waals surface area contributed by atoms with Gasteiger partial charge in [-0.1, -0.05) is 47.8 Å². The maximum Gasteiger partial charge on any atom is 0.0989 e. The second-order valence-corrected chi connectivity index (χ2v) is 8.82. The normalized spacial score (nSPS) is 19.6. The van der Waals surface area contributed by atoms with E-state index in [0.29, 0.717) is 6.54 Å². The van der Waals surface area contributed by atoms with Gasteiger partial charge >= 0.3 is 0 Å². The lowest BCUT2D eigenvalue weighted by molar-refractivity contribution is 0.302. The first kappa shape index (κ1) is 21.4. The topological polar surface area (TPSA) is 26.7 Å². The van der Waals surface area contributed by atoms with E-state index in [-0.39, 0.29) is 29.0 Å². The number of fused-ring (bicyclic) bond motifs is 2. The van der Waals surface area contributed by atoms with E-state index in [1.165, 1.54) is 31.8 Å². The lowest BCUT2D eigenvalue weighted by atomic mass is 10.2. The molecule has 2 heterocycles. The highest BCUT2D eigenvalue weighted by Gasteiger charge is 2.28. The first-order valence-electron chi connectivity index (χ1n) is 9.29. The number of aliphatic hydroxyl groups is 1. The van der Waals surface area contributed by atoms with Crippen LogP contribution in [0.5, 0.6) is 0 Å². The standard InChI is InChI=1S/C22H24N2OS2.BrH/c1-3-23-17-8-4-6-10-19(17)26-21(23)14-16(2)15-22-24(12-13-25)18-9-5-7-11-20(18)27-22;/h4-11,14-15,22,25H,3,12-13H2,1-2H3;1H/b16-15+,21-14-;. The highest BCUT2D eigenvalue weighted by molar-refractivity contribution is 8.93. The van der Waals surface area contributed by atoms with E-state index in [9.17, 15) is 5.11 Å². The number of nitrogens with zero attached hydrogens (tertiary/aromatic N) is 2. The summed E-state index contributed by atoms with van der Waals surface area (Å²) in [6.45, 7) is 6.14. The van der Waals surface area contributed by atoms with Crippen molar-refractivity contribution in [3.63, 3.8) is 0 Å². The van der Waals surface area contributed by atoms with Crippen LogP contribution >= 0.6 is 40.5 Å². The number of halogens is 1. The predicted octanol–water partition coefficient (Wildman–Crippen LogP) is 5.91. The van der Waals surface area contributed by atoms with Crippen molar-refractivity contribution in [3.05, 3.63) is 71.3 Å². The van der Waals surface area contributed by atoms with Gasteiger partial charge in [-0.25, -0.2) is 0 Å². The van der Waals surface area contributed by atoms with Gasteiger partial charge < -0.3 is 14.9 Å². The largest absolute Gasteiger partial charge is 0.395 e. The molecule has 2 aliphatic heterocycles. The van der Waals surface area contributed by atoms with Crippen LogP contribution in [-0.4, -0.2) is 30.2 Å². The number of β-amino-alcohol motifs (C(OH)–C–C–N with tert-alkyl or cyclic N) is 1. The monoisotopic (exact) mass is 476 g/mol. The zero-order valence-corrected chi connectivity index (χ0v) is 19.4. The Morgan fingerprint density at radius 1 is 1.07 bits per heavy atom. The number of thioether (sulfide) groups is 2. The van der Waals surface area contributed by atoms with Crippen LogP contribution in [0, 0.1) is 0 Å². The lowest BCUT2D eigenvalue weighted by Crippen LogP contribution is -2.30. The third kappa shape index (κ3) is 4.15. The molecule has 2 aliphatic rings. The molecule has 1 N–H and O–H groups in total.